The molecule has 0 aliphatic carbocycles. The lowest BCUT2D eigenvalue weighted by atomic mass is 9.86. The van der Waals surface area contributed by atoms with E-state index in [4.69, 9.17) is 0 Å². The van der Waals surface area contributed by atoms with Crippen molar-refractivity contribution >= 4 is 21.4 Å². The van der Waals surface area contributed by atoms with Crippen LogP contribution in [0.4, 0.5) is 0 Å². The minimum Gasteiger partial charge on any atom is -0.289 e. The zero-order valence-corrected chi connectivity index (χ0v) is 22.3. The molecule has 1 fully saturated rings. The Labute approximate surface area is 224 Å². The molecule has 4 aromatic rings. The molecule has 0 unspecified atom stereocenters. The fraction of sp³-hybridized carbons (Fsp3) is 0.121. The van der Waals surface area contributed by atoms with Gasteiger partial charge in [0.15, 0.2) is 5.78 Å². The quantitative estimate of drug-likeness (QED) is 0.267. The molecule has 0 N–H and O–H groups in total. The Morgan fingerprint density at radius 2 is 1.26 bits per heavy atom. The normalized spacial score (nSPS) is 16.5. The van der Waals surface area contributed by atoms with E-state index in [0.717, 1.165) is 33.4 Å². The summed E-state index contributed by atoms with van der Waals surface area (Å²) in [5.74, 6) is -0.0700. The predicted molar refractivity (Wildman–Crippen MR) is 152 cm³/mol. The molecule has 4 aromatic carbocycles. The third-order valence-electron chi connectivity index (χ3n) is 6.92. The molecule has 0 amide bonds. The molecule has 1 aliphatic rings. The first-order chi connectivity index (χ1) is 18.4. The van der Waals surface area contributed by atoms with Crippen LogP contribution in [-0.4, -0.2) is 31.6 Å². The lowest BCUT2D eigenvalue weighted by molar-refractivity contribution is 0.103. The fourth-order valence-electron chi connectivity index (χ4n) is 4.89. The predicted octanol–water partition coefficient (Wildman–Crippen LogP) is 6.68. The van der Waals surface area contributed by atoms with Gasteiger partial charge in [0.1, 0.15) is 0 Å². The zero-order valence-electron chi connectivity index (χ0n) is 21.5. The maximum absolute atomic E-state index is 13.7. The van der Waals surface area contributed by atoms with Gasteiger partial charge in [-0.3, -0.25) is 4.79 Å². The van der Waals surface area contributed by atoms with Crippen LogP contribution in [0.2, 0.25) is 0 Å². The maximum atomic E-state index is 13.7. The van der Waals surface area contributed by atoms with E-state index in [1.54, 1.807) is 12.1 Å². The van der Waals surface area contributed by atoms with Gasteiger partial charge in [0, 0.05) is 24.2 Å². The van der Waals surface area contributed by atoms with E-state index in [1.807, 2.05) is 117 Å². The van der Waals surface area contributed by atoms with Gasteiger partial charge in [0.2, 0.25) is 10.0 Å². The Bertz CT molecular complexity index is 1640. The Kier molecular flexibility index (Phi) is 7.23. The Morgan fingerprint density at radius 3 is 1.87 bits per heavy atom. The molecule has 1 saturated heterocycles. The molecule has 0 radical (unpaired) electrons. The molecule has 0 bridgehead atoms. The van der Waals surface area contributed by atoms with Gasteiger partial charge in [-0.15, -0.1) is 0 Å². The van der Waals surface area contributed by atoms with Gasteiger partial charge >= 0.3 is 0 Å². The van der Waals surface area contributed by atoms with Crippen LogP contribution in [0.5, 0.6) is 0 Å². The van der Waals surface area contributed by atoms with Crippen LogP contribution in [0.1, 0.15) is 39.5 Å². The molecule has 5 heteroatoms. The largest absolute Gasteiger partial charge is 0.289 e. The highest BCUT2D eigenvalue weighted by Gasteiger charge is 2.34. The van der Waals surface area contributed by atoms with E-state index in [0.29, 0.717) is 11.1 Å². The molecule has 0 atom stereocenters. The summed E-state index contributed by atoms with van der Waals surface area (Å²) < 4.78 is 28.8. The highest BCUT2D eigenvalue weighted by atomic mass is 32.2. The number of benzene rings is 4. The standard InChI is InChI=1S/C33H29NO3S/c1-3-25-22-34(38(36,37)28-20-18-24(2)19-21-28)23-31(25)32(26-12-6-4-7-13-26)29-16-10-11-17-30(29)33(35)27-14-8-5-9-15-27/h3-21H,22-23H2,1-2H3/b25-3+,32-31-. The number of allylic oxidation sites excluding steroid dienone is 1. The number of sulfonamides is 1. The minimum atomic E-state index is -3.71. The Balaban J connectivity index is 1.69. The van der Waals surface area contributed by atoms with E-state index < -0.39 is 10.0 Å². The Hall–Kier alpha value is -4.06. The number of aryl methyl sites for hydroxylation is 1. The highest BCUT2D eigenvalue weighted by molar-refractivity contribution is 7.89. The van der Waals surface area contributed by atoms with Crippen LogP contribution in [0.25, 0.3) is 5.57 Å². The SMILES string of the molecule is C/C=C1\CN(S(=O)(=O)c2ccc(C)cc2)C\C1=C(/c1ccccc1)c1ccccc1C(=O)c1ccccc1. The van der Waals surface area contributed by atoms with E-state index in [9.17, 15) is 13.2 Å². The maximum Gasteiger partial charge on any atom is 0.243 e. The van der Waals surface area contributed by atoms with E-state index in [2.05, 4.69) is 0 Å². The summed E-state index contributed by atoms with van der Waals surface area (Å²) in [5.41, 5.74) is 6.63. The highest BCUT2D eigenvalue weighted by Crippen LogP contribution is 2.38. The van der Waals surface area contributed by atoms with E-state index in [-0.39, 0.29) is 23.8 Å². The van der Waals surface area contributed by atoms with Gasteiger partial charge in [0.25, 0.3) is 0 Å². The summed E-state index contributed by atoms with van der Waals surface area (Å²) in [6.45, 7) is 4.35. The molecule has 38 heavy (non-hydrogen) atoms. The minimum absolute atomic E-state index is 0.0700. The lowest BCUT2D eigenvalue weighted by Gasteiger charge is -2.18. The van der Waals surface area contributed by atoms with Gasteiger partial charge in [-0.05, 0) is 53.8 Å². The molecule has 0 saturated carbocycles. The van der Waals surface area contributed by atoms with Crippen molar-refractivity contribution in [3.8, 4) is 0 Å². The average Bonchev–Trinajstić information content (AvgIpc) is 3.39. The molecular weight excluding hydrogens is 490 g/mol. The third-order valence-corrected chi connectivity index (χ3v) is 8.72. The first-order valence-corrected chi connectivity index (χ1v) is 14.0. The van der Waals surface area contributed by atoms with Crippen molar-refractivity contribution in [3.63, 3.8) is 0 Å². The molecular formula is C33H29NO3S. The van der Waals surface area contributed by atoms with Crippen molar-refractivity contribution in [2.45, 2.75) is 18.7 Å². The van der Waals surface area contributed by atoms with Gasteiger partial charge in [-0.1, -0.05) is 109 Å². The van der Waals surface area contributed by atoms with Crippen molar-refractivity contribution in [2.75, 3.05) is 13.1 Å². The van der Waals surface area contributed by atoms with Crippen LogP contribution in [-0.2, 0) is 10.0 Å². The smallest absolute Gasteiger partial charge is 0.243 e. The van der Waals surface area contributed by atoms with Crippen molar-refractivity contribution < 1.29 is 13.2 Å². The first-order valence-electron chi connectivity index (χ1n) is 12.6. The summed E-state index contributed by atoms with van der Waals surface area (Å²) in [4.78, 5) is 13.9. The molecule has 4 nitrogen and oxygen atoms in total. The average molecular weight is 520 g/mol. The molecule has 5 rings (SSSR count). The van der Waals surface area contributed by atoms with Crippen molar-refractivity contribution in [1.82, 2.24) is 4.31 Å². The monoisotopic (exact) mass is 519 g/mol. The molecule has 0 aromatic heterocycles. The van der Waals surface area contributed by atoms with Crippen molar-refractivity contribution in [1.29, 1.82) is 0 Å². The summed E-state index contributed by atoms with van der Waals surface area (Å²) in [5, 5.41) is 0. The second-order valence-electron chi connectivity index (χ2n) is 9.36. The molecule has 0 spiro atoms. The number of carbonyl (C=O) groups excluding carboxylic acids is 1. The summed E-state index contributed by atoms with van der Waals surface area (Å²) >= 11 is 0. The number of carbonyl (C=O) groups is 1. The van der Waals surface area contributed by atoms with Gasteiger partial charge in [-0.2, -0.15) is 4.31 Å². The number of ketones is 1. The van der Waals surface area contributed by atoms with Crippen molar-refractivity contribution in [2.24, 2.45) is 0 Å². The van der Waals surface area contributed by atoms with E-state index >= 15 is 0 Å². The Morgan fingerprint density at radius 1 is 0.711 bits per heavy atom. The van der Waals surface area contributed by atoms with Crippen LogP contribution in [0.15, 0.2) is 131 Å². The summed E-state index contributed by atoms with van der Waals surface area (Å²) in [6.07, 6.45) is 1.98. The van der Waals surface area contributed by atoms with Gasteiger partial charge in [0.05, 0.1) is 4.90 Å². The van der Waals surface area contributed by atoms with Crippen LogP contribution >= 0.6 is 0 Å². The number of hydrogen-bond donors (Lipinski definition) is 0. The summed E-state index contributed by atoms with van der Waals surface area (Å²) in [6, 6.07) is 33.7. The number of hydrogen-bond acceptors (Lipinski definition) is 3. The van der Waals surface area contributed by atoms with Crippen LogP contribution in [0.3, 0.4) is 0 Å². The van der Waals surface area contributed by atoms with E-state index in [1.165, 1.54) is 4.31 Å². The molecule has 1 heterocycles. The third kappa shape index (κ3) is 4.91. The first kappa shape index (κ1) is 25.6. The van der Waals surface area contributed by atoms with Crippen LogP contribution in [0, 0.1) is 6.92 Å². The summed E-state index contributed by atoms with van der Waals surface area (Å²) in [7, 11) is -3.71. The van der Waals surface area contributed by atoms with Gasteiger partial charge < -0.3 is 0 Å². The van der Waals surface area contributed by atoms with Gasteiger partial charge in [-0.25, -0.2) is 8.42 Å². The number of rotatable bonds is 6. The lowest BCUT2D eigenvalue weighted by Crippen LogP contribution is -2.28. The molecule has 1 aliphatic heterocycles. The van der Waals surface area contributed by atoms with Crippen LogP contribution < -0.4 is 0 Å². The zero-order chi connectivity index (χ0) is 26.7. The number of nitrogens with zero attached hydrogens (tertiary/aromatic N) is 1. The second kappa shape index (κ2) is 10.7. The van der Waals surface area contributed by atoms with Crippen molar-refractivity contribution in [3.05, 3.63) is 154 Å². The molecule has 190 valence electrons. The second-order valence-corrected chi connectivity index (χ2v) is 11.3. The topological polar surface area (TPSA) is 54.5 Å². The fourth-order valence-corrected chi connectivity index (χ4v) is 6.28.